The van der Waals surface area contributed by atoms with E-state index in [0.717, 1.165) is 16.2 Å². The maximum atomic E-state index is 13.2. The van der Waals surface area contributed by atoms with Crippen LogP contribution in [0.5, 0.6) is 28.7 Å². The average Bonchev–Trinajstić information content (AvgIpc) is 2.88. The molecule has 0 N–H and O–H groups in total. The van der Waals surface area contributed by atoms with Crippen molar-refractivity contribution in [3.63, 3.8) is 0 Å². The van der Waals surface area contributed by atoms with Gasteiger partial charge in [-0.1, -0.05) is 42.5 Å². The van der Waals surface area contributed by atoms with Crippen LogP contribution in [0.2, 0.25) is 0 Å². The Bertz CT molecular complexity index is 1500. The molecule has 0 unspecified atom stereocenters. The monoisotopic (exact) mass is 451 g/mol. The van der Waals surface area contributed by atoms with Gasteiger partial charge < -0.3 is 18.9 Å². The van der Waals surface area contributed by atoms with Crippen LogP contribution in [0, 0.1) is 0 Å². The Morgan fingerprint density at radius 2 is 1.38 bits per heavy atom. The van der Waals surface area contributed by atoms with E-state index in [4.69, 9.17) is 18.9 Å². The highest BCUT2D eigenvalue weighted by molar-refractivity contribution is 6.00. The van der Waals surface area contributed by atoms with Gasteiger partial charge in [-0.3, -0.25) is 4.98 Å². The number of benzene rings is 4. The number of fused-ring (bicyclic) bond motifs is 2. The molecule has 168 valence electrons. The maximum absolute atomic E-state index is 13.2. The van der Waals surface area contributed by atoms with Crippen LogP contribution in [0.4, 0.5) is 0 Å². The Balaban J connectivity index is 1.61. The van der Waals surface area contributed by atoms with E-state index in [2.05, 4.69) is 4.98 Å². The summed E-state index contributed by atoms with van der Waals surface area (Å²) < 4.78 is 22.8. The lowest BCUT2D eigenvalue weighted by molar-refractivity contribution is 0.0732. The first kappa shape index (κ1) is 21.3. The number of aromatic nitrogens is 1. The molecule has 0 fully saturated rings. The van der Waals surface area contributed by atoms with Crippen molar-refractivity contribution in [2.75, 3.05) is 14.2 Å². The fourth-order valence-corrected chi connectivity index (χ4v) is 3.77. The molecular formula is C28H21NO5. The van der Waals surface area contributed by atoms with E-state index in [1.165, 1.54) is 0 Å². The molecule has 6 nitrogen and oxygen atoms in total. The predicted octanol–water partition coefficient (Wildman–Crippen LogP) is 6.42. The van der Waals surface area contributed by atoms with E-state index in [0.29, 0.717) is 39.8 Å². The Morgan fingerprint density at radius 3 is 2.12 bits per heavy atom. The first-order valence-electron chi connectivity index (χ1n) is 10.6. The van der Waals surface area contributed by atoms with Crippen molar-refractivity contribution >= 4 is 27.6 Å². The third kappa shape index (κ3) is 4.09. The number of hydrogen-bond donors (Lipinski definition) is 0. The summed E-state index contributed by atoms with van der Waals surface area (Å²) in [5.74, 6) is 1.96. The van der Waals surface area contributed by atoms with Crippen molar-refractivity contribution in [1.82, 2.24) is 4.98 Å². The van der Waals surface area contributed by atoms with Gasteiger partial charge in [0.1, 0.15) is 22.8 Å². The van der Waals surface area contributed by atoms with Crippen molar-refractivity contribution in [1.29, 1.82) is 0 Å². The summed E-state index contributed by atoms with van der Waals surface area (Å²) in [6.07, 6.45) is 1.65. The molecular weight excluding hydrogens is 430 g/mol. The first-order valence-corrected chi connectivity index (χ1v) is 10.6. The van der Waals surface area contributed by atoms with Crippen molar-refractivity contribution in [3.8, 4) is 28.7 Å². The average molecular weight is 451 g/mol. The van der Waals surface area contributed by atoms with Crippen LogP contribution in [0.25, 0.3) is 21.7 Å². The molecule has 0 atom stereocenters. The van der Waals surface area contributed by atoms with Gasteiger partial charge in [0.25, 0.3) is 0 Å². The molecule has 0 aliphatic heterocycles. The minimum Gasteiger partial charge on any atom is -0.493 e. The quantitative estimate of drug-likeness (QED) is 0.219. The second-order valence-electron chi connectivity index (χ2n) is 7.53. The number of carbonyl (C=O) groups excluding carboxylic acids is 1. The molecule has 1 aromatic heterocycles. The van der Waals surface area contributed by atoms with E-state index >= 15 is 0 Å². The van der Waals surface area contributed by atoms with E-state index in [1.54, 1.807) is 56.8 Å². The lowest BCUT2D eigenvalue weighted by atomic mass is 10.1. The number of carbonyl (C=O) groups is 1. The van der Waals surface area contributed by atoms with Crippen LogP contribution in [0.15, 0.2) is 91.1 Å². The third-order valence-corrected chi connectivity index (χ3v) is 5.45. The number of para-hydroxylation sites is 1. The molecule has 0 bridgehead atoms. The largest absolute Gasteiger partial charge is 0.493 e. The molecule has 6 heteroatoms. The van der Waals surface area contributed by atoms with E-state index in [-0.39, 0.29) is 0 Å². The molecule has 0 radical (unpaired) electrons. The van der Waals surface area contributed by atoms with Crippen LogP contribution in [-0.2, 0) is 0 Å². The molecule has 0 amide bonds. The van der Waals surface area contributed by atoms with Crippen LogP contribution in [0.3, 0.4) is 0 Å². The van der Waals surface area contributed by atoms with Gasteiger partial charge in [0, 0.05) is 17.6 Å². The fourth-order valence-electron chi connectivity index (χ4n) is 3.77. The van der Waals surface area contributed by atoms with Gasteiger partial charge in [-0.15, -0.1) is 0 Å². The second-order valence-corrected chi connectivity index (χ2v) is 7.53. The highest BCUT2D eigenvalue weighted by Gasteiger charge is 2.19. The molecule has 0 aliphatic carbocycles. The van der Waals surface area contributed by atoms with Gasteiger partial charge >= 0.3 is 5.97 Å². The number of methoxy groups -OCH3 is 2. The second kappa shape index (κ2) is 9.11. The summed E-state index contributed by atoms with van der Waals surface area (Å²) in [5.41, 5.74) is 0.984. The van der Waals surface area contributed by atoms with Crippen LogP contribution in [-0.4, -0.2) is 25.2 Å². The molecule has 0 saturated heterocycles. The zero-order chi connectivity index (χ0) is 23.5. The number of esters is 1. The Kier molecular flexibility index (Phi) is 5.70. The Labute approximate surface area is 196 Å². The lowest BCUT2D eigenvalue weighted by Gasteiger charge is -2.15. The predicted molar refractivity (Wildman–Crippen MR) is 130 cm³/mol. The van der Waals surface area contributed by atoms with E-state index in [9.17, 15) is 4.79 Å². The summed E-state index contributed by atoms with van der Waals surface area (Å²) in [4.78, 5) is 17.6. The molecule has 0 aliphatic rings. The summed E-state index contributed by atoms with van der Waals surface area (Å²) in [6.45, 7) is 0. The van der Waals surface area contributed by atoms with Crippen molar-refractivity contribution in [3.05, 3.63) is 96.7 Å². The van der Waals surface area contributed by atoms with Crippen molar-refractivity contribution < 1.29 is 23.7 Å². The van der Waals surface area contributed by atoms with Crippen molar-refractivity contribution in [2.45, 2.75) is 0 Å². The molecule has 0 saturated carbocycles. The molecule has 4 aromatic carbocycles. The number of rotatable bonds is 6. The van der Waals surface area contributed by atoms with Crippen molar-refractivity contribution in [2.24, 2.45) is 0 Å². The summed E-state index contributed by atoms with van der Waals surface area (Å²) in [6, 6.07) is 25.7. The molecule has 1 heterocycles. The third-order valence-electron chi connectivity index (χ3n) is 5.45. The Hall–Kier alpha value is -4.58. The maximum Gasteiger partial charge on any atom is 0.347 e. The SMILES string of the molecule is COc1cc2nccc(Oc3cc4ccccc4cc3C(=O)Oc3ccccc3)c2cc1OC. The molecule has 0 spiro atoms. The minimum absolute atomic E-state index is 0.313. The Morgan fingerprint density at radius 1 is 0.706 bits per heavy atom. The molecule has 5 rings (SSSR count). The van der Waals surface area contributed by atoms with Gasteiger partial charge in [0.05, 0.1) is 19.7 Å². The number of pyridine rings is 1. The standard InChI is InChI=1S/C28H21NO5/c1-31-26-16-21-23(17-27(26)32-2)29-13-12-24(21)34-25-15-19-9-7-6-8-18(19)14-22(25)28(30)33-20-10-4-3-5-11-20/h3-17H,1-2H3. The van der Waals surface area contributed by atoms with Crippen LogP contribution in [0.1, 0.15) is 10.4 Å². The van der Waals surface area contributed by atoms with Crippen LogP contribution < -0.4 is 18.9 Å². The highest BCUT2D eigenvalue weighted by Crippen LogP contribution is 2.38. The topological polar surface area (TPSA) is 66.9 Å². The van der Waals surface area contributed by atoms with Gasteiger partial charge in [-0.2, -0.15) is 0 Å². The van der Waals surface area contributed by atoms with E-state index < -0.39 is 5.97 Å². The molecule has 34 heavy (non-hydrogen) atoms. The first-order chi connectivity index (χ1) is 16.7. The number of ether oxygens (including phenoxy) is 4. The minimum atomic E-state index is -0.510. The molecule has 5 aromatic rings. The highest BCUT2D eigenvalue weighted by atomic mass is 16.5. The van der Waals surface area contributed by atoms with Gasteiger partial charge in [0.15, 0.2) is 11.5 Å². The summed E-state index contributed by atoms with van der Waals surface area (Å²) in [5, 5.41) is 2.56. The summed E-state index contributed by atoms with van der Waals surface area (Å²) >= 11 is 0. The van der Waals surface area contributed by atoms with Gasteiger partial charge in [-0.05, 0) is 47.2 Å². The number of nitrogens with zero attached hydrogens (tertiary/aromatic N) is 1. The van der Waals surface area contributed by atoms with Crippen LogP contribution >= 0.6 is 0 Å². The summed E-state index contributed by atoms with van der Waals surface area (Å²) in [7, 11) is 3.14. The van der Waals surface area contributed by atoms with E-state index in [1.807, 2.05) is 48.5 Å². The van der Waals surface area contributed by atoms with Gasteiger partial charge in [-0.25, -0.2) is 4.79 Å². The number of hydrogen-bond acceptors (Lipinski definition) is 6. The fraction of sp³-hybridized carbons (Fsp3) is 0.0714. The van der Waals surface area contributed by atoms with Gasteiger partial charge in [0.2, 0.25) is 0 Å². The zero-order valence-corrected chi connectivity index (χ0v) is 18.6. The zero-order valence-electron chi connectivity index (χ0n) is 18.6. The normalized spacial score (nSPS) is 10.8. The smallest absolute Gasteiger partial charge is 0.347 e. The lowest BCUT2D eigenvalue weighted by Crippen LogP contribution is -2.10.